The molecule has 0 aliphatic carbocycles. The van der Waals surface area contributed by atoms with Crippen LogP contribution < -0.4 is 4.90 Å². The Balaban J connectivity index is 2.28. The third kappa shape index (κ3) is 3.54. The molecular formula is C12H10Br2ClNO2S. The molecule has 1 fully saturated rings. The first-order chi connectivity index (χ1) is 8.88. The lowest BCUT2D eigenvalue weighted by molar-refractivity contribution is -0.117. The van der Waals surface area contributed by atoms with E-state index in [9.17, 15) is 9.59 Å². The number of thioether (sulfide) groups is 1. The first-order valence-corrected chi connectivity index (χ1v) is 8.35. The van der Waals surface area contributed by atoms with Gasteiger partial charge in [-0.3, -0.25) is 9.59 Å². The zero-order valence-electron chi connectivity index (χ0n) is 9.95. The van der Waals surface area contributed by atoms with E-state index in [1.54, 1.807) is 17.0 Å². The SMILES string of the molecule is CC(=O)SC1CC(=O)N(c2c(Br)cc(Cl)cc2Br)C1. The van der Waals surface area contributed by atoms with Crippen LogP contribution in [-0.4, -0.2) is 22.8 Å². The minimum Gasteiger partial charge on any atom is -0.309 e. The van der Waals surface area contributed by atoms with Gasteiger partial charge in [0.2, 0.25) is 5.91 Å². The summed E-state index contributed by atoms with van der Waals surface area (Å²) in [7, 11) is 0. The van der Waals surface area contributed by atoms with Crippen LogP contribution >= 0.6 is 55.2 Å². The summed E-state index contributed by atoms with van der Waals surface area (Å²) in [6, 6.07) is 3.50. The highest BCUT2D eigenvalue weighted by Crippen LogP contribution is 2.40. The fourth-order valence-electron chi connectivity index (χ4n) is 2.00. The number of carbonyl (C=O) groups excluding carboxylic acids is 2. The maximum Gasteiger partial charge on any atom is 0.228 e. The summed E-state index contributed by atoms with van der Waals surface area (Å²) in [5, 5.41) is 0.636. The molecule has 0 aromatic heterocycles. The van der Waals surface area contributed by atoms with Gasteiger partial charge in [0.05, 0.1) is 5.69 Å². The second kappa shape index (κ2) is 6.16. The number of amides is 1. The van der Waals surface area contributed by atoms with Crippen LogP contribution in [0, 0.1) is 0 Å². The summed E-state index contributed by atoms with van der Waals surface area (Å²) in [6.07, 6.45) is 0.381. The van der Waals surface area contributed by atoms with Crippen LogP contribution in [0.3, 0.4) is 0 Å². The molecule has 102 valence electrons. The van der Waals surface area contributed by atoms with Crippen LogP contribution in [0.1, 0.15) is 13.3 Å². The number of carbonyl (C=O) groups is 2. The van der Waals surface area contributed by atoms with Gasteiger partial charge < -0.3 is 4.90 Å². The van der Waals surface area contributed by atoms with Crippen molar-refractivity contribution < 1.29 is 9.59 Å². The molecule has 1 unspecified atom stereocenters. The molecular weight excluding hydrogens is 417 g/mol. The maximum atomic E-state index is 12.1. The number of hydrogen-bond acceptors (Lipinski definition) is 3. The topological polar surface area (TPSA) is 37.4 Å². The van der Waals surface area contributed by atoms with Gasteiger partial charge in [0.1, 0.15) is 0 Å². The van der Waals surface area contributed by atoms with Gasteiger partial charge in [-0.25, -0.2) is 0 Å². The smallest absolute Gasteiger partial charge is 0.228 e. The summed E-state index contributed by atoms with van der Waals surface area (Å²) in [6.45, 7) is 2.05. The molecule has 1 aliphatic rings. The lowest BCUT2D eigenvalue weighted by Gasteiger charge is -2.20. The van der Waals surface area contributed by atoms with Crippen LogP contribution in [0.25, 0.3) is 0 Å². The summed E-state index contributed by atoms with van der Waals surface area (Å²) in [4.78, 5) is 24.9. The highest BCUT2D eigenvalue weighted by Gasteiger charge is 2.33. The standard InChI is InChI=1S/C12H10Br2ClNO2S/c1-6(17)19-8-4-11(18)16(5-8)12-9(13)2-7(15)3-10(12)14/h2-3,8H,4-5H2,1H3. The minimum atomic E-state index is 0.0134. The van der Waals surface area contributed by atoms with Crippen LogP contribution in [0.2, 0.25) is 5.02 Å². The Morgan fingerprint density at radius 3 is 2.53 bits per heavy atom. The Labute approximate surface area is 137 Å². The van der Waals surface area contributed by atoms with Gasteiger partial charge in [0.25, 0.3) is 0 Å². The predicted molar refractivity (Wildman–Crippen MR) is 85.9 cm³/mol. The average molecular weight is 428 g/mol. The highest BCUT2D eigenvalue weighted by atomic mass is 79.9. The van der Waals surface area contributed by atoms with Crippen LogP contribution in [-0.2, 0) is 9.59 Å². The number of rotatable bonds is 2. The molecule has 19 heavy (non-hydrogen) atoms. The van der Waals surface area contributed by atoms with E-state index in [-0.39, 0.29) is 16.3 Å². The lowest BCUT2D eigenvalue weighted by atomic mass is 10.3. The number of halogens is 3. The van der Waals surface area contributed by atoms with Gasteiger partial charge in [-0.1, -0.05) is 23.4 Å². The largest absolute Gasteiger partial charge is 0.309 e. The monoisotopic (exact) mass is 425 g/mol. The minimum absolute atomic E-state index is 0.0134. The molecule has 2 rings (SSSR count). The van der Waals surface area contributed by atoms with E-state index in [0.29, 0.717) is 18.0 Å². The quantitative estimate of drug-likeness (QED) is 0.708. The third-order valence-electron chi connectivity index (χ3n) is 2.67. The number of anilines is 1. The fraction of sp³-hybridized carbons (Fsp3) is 0.333. The van der Waals surface area contributed by atoms with Crippen molar-refractivity contribution in [3.05, 3.63) is 26.1 Å². The lowest BCUT2D eigenvalue weighted by Crippen LogP contribution is -2.25. The number of benzene rings is 1. The molecule has 0 saturated carbocycles. The molecule has 0 spiro atoms. The first kappa shape index (κ1) is 15.4. The van der Waals surface area contributed by atoms with Crippen molar-refractivity contribution in [1.82, 2.24) is 0 Å². The van der Waals surface area contributed by atoms with Crippen molar-refractivity contribution in [3.8, 4) is 0 Å². The van der Waals surface area contributed by atoms with Gasteiger partial charge in [0, 0.05) is 39.1 Å². The maximum absolute atomic E-state index is 12.1. The Kier molecular flexibility index (Phi) is 4.98. The summed E-state index contributed by atoms with van der Waals surface area (Å²) < 4.78 is 1.52. The molecule has 1 amide bonds. The molecule has 7 heteroatoms. The summed E-state index contributed by atoms with van der Waals surface area (Å²) >= 11 is 14.0. The molecule has 0 radical (unpaired) electrons. The third-order valence-corrected chi connectivity index (χ3v) is 5.08. The molecule has 1 aliphatic heterocycles. The van der Waals surface area contributed by atoms with E-state index in [1.807, 2.05) is 0 Å². The number of nitrogens with zero attached hydrogens (tertiary/aromatic N) is 1. The molecule has 1 heterocycles. The van der Waals surface area contributed by atoms with E-state index < -0.39 is 0 Å². The van der Waals surface area contributed by atoms with E-state index >= 15 is 0 Å². The van der Waals surface area contributed by atoms with Crippen molar-refractivity contribution >= 4 is 71.9 Å². The molecule has 0 bridgehead atoms. The molecule has 3 nitrogen and oxygen atoms in total. The Morgan fingerprint density at radius 2 is 2.00 bits per heavy atom. The van der Waals surface area contributed by atoms with Gasteiger partial charge in [-0.05, 0) is 44.0 Å². The van der Waals surface area contributed by atoms with Crippen LogP contribution in [0.5, 0.6) is 0 Å². The van der Waals surface area contributed by atoms with Crippen LogP contribution in [0.4, 0.5) is 5.69 Å². The van der Waals surface area contributed by atoms with Crippen LogP contribution in [0.15, 0.2) is 21.1 Å². The number of hydrogen-bond donors (Lipinski definition) is 0. The predicted octanol–water partition coefficient (Wildman–Crippen LogP) is 4.25. The molecule has 1 atom stereocenters. The summed E-state index contributed by atoms with van der Waals surface area (Å²) in [5.74, 6) is 0.0162. The zero-order chi connectivity index (χ0) is 14.2. The Bertz CT molecular complexity index is 530. The zero-order valence-corrected chi connectivity index (χ0v) is 14.7. The van der Waals surface area contributed by atoms with Crippen molar-refractivity contribution in [3.63, 3.8) is 0 Å². The molecule has 0 N–H and O–H groups in total. The Morgan fingerprint density at radius 1 is 1.42 bits per heavy atom. The van der Waals surface area contributed by atoms with E-state index in [4.69, 9.17) is 11.6 Å². The first-order valence-electron chi connectivity index (χ1n) is 5.50. The van der Waals surface area contributed by atoms with E-state index in [1.165, 1.54) is 18.7 Å². The van der Waals surface area contributed by atoms with Gasteiger partial charge in [0.15, 0.2) is 5.12 Å². The van der Waals surface area contributed by atoms with Crippen molar-refractivity contribution in [1.29, 1.82) is 0 Å². The van der Waals surface area contributed by atoms with Crippen molar-refractivity contribution in [2.75, 3.05) is 11.4 Å². The van der Waals surface area contributed by atoms with Gasteiger partial charge >= 0.3 is 0 Å². The summed E-state index contributed by atoms with van der Waals surface area (Å²) in [5.41, 5.74) is 0.765. The normalized spacial score (nSPS) is 19.1. The second-order valence-corrected chi connectivity index (χ2v) is 7.78. The molecule has 1 aromatic rings. The van der Waals surface area contributed by atoms with Crippen molar-refractivity contribution in [2.24, 2.45) is 0 Å². The van der Waals surface area contributed by atoms with E-state index in [0.717, 1.165) is 14.6 Å². The molecule has 1 aromatic carbocycles. The Hall–Kier alpha value is -0.0400. The average Bonchev–Trinajstić information content (AvgIpc) is 2.57. The van der Waals surface area contributed by atoms with E-state index in [2.05, 4.69) is 31.9 Å². The highest BCUT2D eigenvalue weighted by molar-refractivity contribution is 9.11. The van der Waals surface area contributed by atoms with Gasteiger partial charge in [-0.15, -0.1) is 0 Å². The van der Waals surface area contributed by atoms with Crippen molar-refractivity contribution in [2.45, 2.75) is 18.6 Å². The fourth-order valence-corrected chi connectivity index (χ4v) is 5.01. The second-order valence-electron chi connectivity index (χ2n) is 4.16. The molecule has 1 saturated heterocycles. The van der Waals surface area contributed by atoms with Gasteiger partial charge in [-0.2, -0.15) is 0 Å².